The standard InChI is InChI=1S/C9H14N4O3/c1-3-6(9(15)16)12-8(14)5-4-11-13(2)7(5)10/h4,6H,3,10H2,1-2H3,(H,12,14)(H,15,16). The van der Waals surface area contributed by atoms with Crippen molar-refractivity contribution in [1.82, 2.24) is 15.1 Å². The SMILES string of the molecule is CCC(NC(=O)c1cnn(C)c1N)C(=O)O. The van der Waals surface area contributed by atoms with Gasteiger partial charge in [-0.3, -0.25) is 9.48 Å². The van der Waals surface area contributed by atoms with E-state index in [4.69, 9.17) is 10.8 Å². The Morgan fingerprint density at radius 1 is 1.69 bits per heavy atom. The molecule has 7 heteroatoms. The third-order valence-corrected chi connectivity index (χ3v) is 2.24. The van der Waals surface area contributed by atoms with Crippen molar-refractivity contribution in [2.24, 2.45) is 7.05 Å². The number of aliphatic carboxylic acids is 1. The van der Waals surface area contributed by atoms with Crippen LogP contribution in [0.5, 0.6) is 0 Å². The molecule has 0 aliphatic heterocycles. The highest BCUT2D eigenvalue weighted by atomic mass is 16.4. The van der Waals surface area contributed by atoms with Crippen LogP contribution in [0.1, 0.15) is 23.7 Å². The fourth-order valence-electron chi connectivity index (χ4n) is 1.20. The average Bonchev–Trinajstić information content (AvgIpc) is 2.55. The molecule has 1 rings (SSSR count). The van der Waals surface area contributed by atoms with Gasteiger partial charge < -0.3 is 16.2 Å². The molecule has 0 aliphatic rings. The first-order valence-electron chi connectivity index (χ1n) is 4.78. The number of amides is 1. The van der Waals surface area contributed by atoms with Crippen LogP contribution >= 0.6 is 0 Å². The first-order chi connectivity index (χ1) is 7.47. The highest BCUT2D eigenvalue weighted by Crippen LogP contribution is 2.09. The first-order valence-corrected chi connectivity index (χ1v) is 4.78. The molecule has 0 radical (unpaired) electrons. The molecular formula is C9H14N4O3. The molecule has 1 aromatic heterocycles. The molecule has 0 bridgehead atoms. The molecule has 0 saturated heterocycles. The zero-order valence-corrected chi connectivity index (χ0v) is 9.10. The number of aromatic nitrogens is 2. The number of hydrogen-bond acceptors (Lipinski definition) is 4. The molecule has 4 N–H and O–H groups in total. The molecular weight excluding hydrogens is 212 g/mol. The van der Waals surface area contributed by atoms with E-state index >= 15 is 0 Å². The lowest BCUT2D eigenvalue weighted by molar-refractivity contribution is -0.139. The highest BCUT2D eigenvalue weighted by molar-refractivity contribution is 6.00. The van der Waals surface area contributed by atoms with Crippen molar-refractivity contribution >= 4 is 17.7 Å². The summed E-state index contributed by atoms with van der Waals surface area (Å²) in [4.78, 5) is 22.4. The van der Waals surface area contributed by atoms with Gasteiger partial charge in [0.2, 0.25) is 0 Å². The van der Waals surface area contributed by atoms with Crippen molar-refractivity contribution in [2.75, 3.05) is 5.73 Å². The second-order valence-corrected chi connectivity index (χ2v) is 3.34. The number of anilines is 1. The van der Waals surface area contributed by atoms with Crippen molar-refractivity contribution in [2.45, 2.75) is 19.4 Å². The summed E-state index contributed by atoms with van der Waals surface area (Å²) in [6.07, 6.45) is 1.61. The van der Waals surface area contributed by atoms with E-state index in [1.165, 1.54) is 10.9 Å². The summed E-state index contributed by atoms with van der Waals surface area (Å²) in [5.41, 5.74) is 5.77. The number of aryl methyl sites for hydroxylation is 1. The number of carbonyl (C=O) groups is 2. The van der Waals surface area contributed by atoms with Crippen LogP contribution in [0, 0.1) is 0 Å². The Bertz CT molecular complexity index is 413. The summed E-state index contributed by atoms with van der Waals surface area (Å²) in [5, 5.41) is 14.9. The lowest BCUT2D eigenvalue weighted by Crippen LogP contribution is -2.40. The minimum Gasteiger partial charge on any atom is -0.480 e. The number of carbonyl (C=O) groups excluding carboxylic acids is 1. The minimum absolute atomic E-state index is 0.183. The summed E-state index contributed by atoms with van der Waals surface area (Å²) in [6, 6.07) is -0.910. The van der Waals surface area contributed by atoms with Crippen LogP contribution in [0.25, 0.3) is 0 Å². The van der Waals surface area contributed by atoms with Crippen molar-refractivity contribution in [3.8, 4) is 0 Å². The molecule has 88 valence electrons. The first kappa shape index (κ1) is 12.0. The van der Waals surface area contributed by atoms with Gasteiger partial charge in [-0.1, -0.05) is 6.92 Å². The van der Waals surface area contributed by atoms with E-state index in [1.807, 2.05) is 0 Å². The van der Waals surface area contributed by atoms with Gasteiger partial charge in [-0.15, -0.1) is 0 Å². The maximum atomic E-state index is 11.6. The number of carboxylic acids is 1. The van der Waals surface area contributed by atoms with E-state index < -0.39 is 17.9 Å². The summed E-state index contributed by atoms with van der Waals surface area (Å²) in [5.74, 6) is -1.39. The highest BCUT2D eigenvalue weighted by Gasteiger charge is 2.21. The predicted octanol–water partition coefficient (Wildman–Crippen LogP) is -0.405. The quantitative estimate of drug-likeness (QED) is 0.646. The monoisotopic (exact) mass is 226 g/mol. The predicted molar refractivity (Wildman–Crippen MR) is 56.8 cm³/mol. The van der Waals surface area contributed by atoms with E-state index in [2.05, 4.69) is 10.4 Å². The Kier molecular flexibility index (Phi) is 3.49. The Hall–Kier alpha value is -2.05. The van der Waals surface area contributed by atoms with Gasteiger partial charge in [0.15, 0.2) is 0 Å². The smallest absolute Gasteiger partial charge is 0.326 e. The third kappa shape index (κ3) is 2.30. The van der Waals surface area contributed by atoms with E-state index in [9.17, 15) is 9.59 Å². The number of rotatable bonds is 4. The topological polar surface area (TPSA) is 110 Å². The molecule has 1 heterocycles. The average molecular weight is 226 g/mol. The molecule has 0 aliphatic carbocycles. The number of carboxylic acid groups (broad SMARTS) is 1. The lowest BCUT2D eigenvalue weighted by atomic mass is 10.2. The summed E-state index contributed by atoms with van der Waals surface area (Å²) in [7, 11) is 1.60. The molecule has 0 aromatic carbocycles. The van der Waals surface area contributed by atoms with E-state index in [0.29, 0.717) is 6.42 Å². The molecule has 0 saturated carbocycles. The van der Waals surface area contributed by atoms with Crippen LogP contribution in [0.15, 0.2) is 6.20 Å². The normalized spacial score (nSPS) is 12.1. The maximum absolute atomic E-state index is 11.6. The van der Waals surface area contributed by atoms with Gasteiger partial charge in [0, 0.05) is 7.05 Å². The van der Waals surface area contributed by atoms with E-state index in [-0.39, 0.29) is 11.4 Å². The van der Waals surface area contributed by atoms with Gasteiger partial charge in [-0.25, -0.2) is 4.79 Å². The number of hydrogen-bond donors (Lipinski definition) is 3. The fraction of sp³-hybridized carbons (Fsp3) is 0.444. The Balaban J connectivity index is 2.80. The summed E-state index contributed by atoms with van der Waals surface area (Å²) < 4.78 is 1.34. The zero-order valence-electron chi connectivity index (χ0n) is 9.10. The molecule has 1 amide bonds. The van der Waals surface area contributed by atoms with Crippen LogP contribution in [0.3, 0.4) is 0 Å². The van der Waals surface area contributed by atoms with E-state index in [1.54, 1.807) is 14.0 Å². The number of nitrogens with two attached hydrogens (primary N) is 1. The van der Waals surface area contributed by atoms with Crippen LogP contribution in [-0.4, -0.2) is 32.8 Å². The molecule has 0 spiro atoms. The minimum atomic E-state index is -1.07. The molecule has 0 fully saturated rings. The van der Waals surface area contributed by atoms with Crippen molar-refractivity contribution in [1.29, 1.82) is 0 Å². The summed E-state index contributed by atoms with van der Waals surface area (Å²) in [6.45, 7) is 1.67. The third-order valence-electron chi connectivity index (χ3n) is 2.24. The summed E-state index contributed by atoms with van der Waals surface area (Å²) >= 11 is 0. The second-order valence-electron chi connectivity index (χ2n) is 3.34. The fourth-order valence-corrected chi connectivity index (χ4v) is 1.20. The number of nitrogens with one attached hydrogen (secondary N) is 1. The Morgan fingerprint density at radius 2 is 2.31 bits per heavy atom. The van der Waals surface area contributed by atoms with Crippen LogP contribution in [0.2, 0.25) is 0 Å². The Labute approximate surface area is 92.2 Å². The molecule has 7 nitrogen and oxygen atoms in total. The lowest BCUT2D eigenvalue weighted by Gasteiger charge is -2.11. The van der Waals surface area contributed by atoms with Crippen LogP contribution in [-0.2, 0) is 11.8 Å². The molecule has 1 atom stereocenters. The van der Waals surface area contributed by atoms with Gasteiger partial charge in [0.05, 0.1) is 6.20 Å². The Morgan fingerprint density at radius 3 is 2.69 bits per heavy atom. The van der Waals surface area contributed by atoms with Gasteiger partial charge in [-0.05, 0) is 6.42 Å². The maximum Gasteiger partial charge on any atom is 0.326 e. The van der Waals surface area contributed by atoms with Gasteiger partial charge >= 0.3 is 5.97 Å². The largest absolute Gasteiger partial charge is 0.480 e. The van der Waals surface area contributed by atoms with Crippen LogP contribution < -0.4 is 11.1 Å². The number of nitrogens with zero attached hydrogens (tertiary/aromatic N) is 2. The molecule has 1 aromatic rings. The second kappa shape index (κ2) is 4.65. The number of nitrogen functional groups attached to an aromatic ring is 1. The van der Waals surface area contributed by atoms with Gasteiger partial charge in [0.25, 0.3) is 5.91 Å². The molecule has 1 unspecified atom stereocenters. The van der Waals surface area contributed by atoms with Crippen LogP contribution in [0.4, 0.5) is 5.82 Å². The van der Waals surface area contributed by atoms with Gasteiger partial charge in [-0.2, -0.15) is 5.10 Å². The molecule has 16 heavy (non-hydrogen) atoms. The zero-order chi connectivity index (χ0) is 12.3. The van der Waals surface area contributed by atoms with Gasteiger partial charge in [0.1, 0.15) is 17.4 Å². The van der Waals surface area contributed by atoms with Crippen molar-refractivity contribution in [3.63, 3.8) is 0 Å². The van der Waals surface area contributed by atoms with E-state index in [0.717, 1.165) is 0 Å². The van der Waals surface area contributed by atoms with Crippen molar-refractivity contribution in [3.05, 3.63) is 11.8 Å². The van der Waals surface area contributed by atoms with Crippen molar-refractivity contribution < 1.29 is 14.7 Å².